The molecule has 0 aliphatic carbocycles. The Morgan fingerprint density at radius 2 is 1.95 bits per heavy atom. The first-order valence-electron chi connectivity index (χ1n) is 6.93. The fourth-order valence-electron chi connectivity index (χ4n) is 2.66. The lowest BCUT2D eigenvalue weighted by atomic mass is 9.99. The van der Waals surface area contributed by atoms with E-state index in [0.29, 0.717) is 25.1 Å². The van der Waals surface area contributed by atoms with Crippen LogP contribution in [0.2, 0.25) is 0 Å². The summed E-state index contributed by atoms with van der Waals surface area (Å²) in [5, 5.41) is 9.97. The average molecular weight is 283 g/mol. The van der Waals surface area contributed by atoms with E-state index in [1.54, 1.807) is 11.0 Å². The molecule has 0 radical (unpaired) electrons. The minimum Gasteiger partial charge on any atom is -0.504 e. The number of phenolic OH excluding ortho intramolecular Hbond substituents is 1. The maximum Gasteiger partial charge on any atom is 0.227 e. The van der Waals surface area contributed by atoms with Gasteiger partial charge in [0.05, 0.1) is 19.3 Å². The van der Waals surface area contributed by atoms with Crippen LogP contribution in [-0.4, -0.2) is 18.1 Å². The number of aromatic hydroxyl groups is 1. The molecule has 1 N–H and O–H groups in total. The number of ether oxygens (including phenoxy) is 1. The molecule has 0 spiro atoms. The standard InChI is InChI=1S/C17H17NO3/c1-21-16-9-13-7-8-17(20)18(14(13)10-15(16)19)11-12-5-3-2-4-6-12/h2-6,9-10,19H,7-8,11H2,1H3. The Labute approximate surface area is 123 Å². The monoisotopic (exact) mass is 283 g/mol. The van der Waals surface area contributed by atoms with Crippen molar-refractivity contribution in [3.63, 3.8) is 0 Å². The third-order valence-corrected chi connectivity index (χ3v) is 3.76. The van der Waals surface area contributed by atoms with Gasteiger partial charge in [0, 0.05) is 12.5 Å². The Morgan fingerprint density at radius 1 is 1.19 bits per heavy atom. The molecule has 4 heteroatoms. The first-order chi connectivity index (χ1) is 10.2. The maximum atomic E-state index is 12.2. The van der Waals surface area contributed by atoms with Gasteiger partial charge in [-0.25, -0.2) is 0 Å². The number of phenols is 1. The van der Waals surface area contributed by atoms with Gasteiger partial charge in [-0.1, -0.05) is 30.3 Å². The molecule has 0 unspecified atom stereocenters. The van der Waals surface area contributed by atoms with Crippen LogP contribution in [0.25, 0.3) is 0 Å². The van der Waals surface area contributed by atoms with E-state index in [-0.39, 0.29) is 11.7 Å². The molecule has 0 fully saturated rings. The number of anilines is 1. The highest BCUT2D eigenvalue weighted by molar-refractivity contribution is 5.96. The summed E-state index contributed by atoms with van der Waals surface area (Å²) in [6.45, 7) is 0.512. The van der Waals surface area contributed by atoms with Crippen molar-refractivity contribution < 1.29 is 14.6 Å². The number of carbonyl (C=O) groups excluding carboxylic acids is 1. The minimum atomic E-state index is 0.0593. The fourth-order valence-corrected chi connectivity index (χ4v) is 2.66. The molecule has 2 aromatic carbocycles. The average Bonchev–Trinajstić information content (AvgIpc) is 2.51. The van der Waals surface area contributed by atoms with E-state index >= 15 is 0 Å². The van der Waals surface area contributed by atoms with E-state index in [1.807, 2.05) is 36.4 Å². The van der Waals surface area contributed by atoms with Gasteiger partial charge in [0.15, 0.2) is 11.5 Å². The highest BCUT2D eigenvalue weighted by Gasteiger charge is 2.26. The van der Waals surface area contributed by atoms with E-state index in [9.17, 15) is 9.90 Å². The molecule has 0 aromatic heterocycles. The number of aryl methyl sites for hydroxylation is 1. The van der Waals surface area contributed by atoms with Crippen molar-refractivity contribution in [1.82, 2.24) is 0 Å². The molecule has 3 rings (SSSR count). The van der Waals surface area contributed by atoms with Crippen molar-refractivity contribution in [2.24, 2.45) is 0 Å². The van der Waals surface area contributed by atoms with Crippen molar-refractivity contribution in [2.75, 3.05) is 12.0 Å². The molecule has 0 saturated heterocycles. The summed E-state index contributed by atoms with van der Waals surface area (Å²) >= 11 is 0. The van der Waals surface area contributed by atoms with E-state index < -0.39 is 0 Å². The van der Waals surface area contributed by atoms with Crippen LogP contribution in [0.4, 0.5) is 5.69 Å². The quantitative estimate of drug-likeness (QED) is 0.942. The second-order valence-corrected chi connectivity index (χ2v) is 5.12. The Morgan fingerprint density at radius 3 is 2.67 bits per heavy atom. The van der Waals surface area contributed by atoms with Crippen LogP contribution in [0.15, 0.2) is 42.5 Å². The summed E-state index contributed by atoms with van der Waals surface area (Å²) in [6.07, 6.45) is 1.16. The summed E-state index contributed by atoms with van der Waals surface area (Å²) < 4.78 is 5.14. The van der Waals surface area contributed by atoms with Crippen molar-refractivity contribution in [3.8, 4) is 11.5 Å². The molecule has 21 heavy (non-hydrogen) atoms. The Hall–Kier alpha value is -2.49. The van der Waals surface area contributed by atoms with Gasteiger partial charge >= 0.3 is 0 Å². The zero-order valence-electron chi connectivity index (χ0n) is 11.9. The van der Waals surface area contributed by atoms with Crippen LogP contribution in [-0.2, 0) is 17.8 Å². The topological polar surface area (TPSA) is 49.8 Å². The smallest absolute Gasteiger partial charge is 0.227 e. The zero-order valence-corrected chi connectivity index (χ0v) is 11.9. The summed E-state index contributed by atoms with van der Waals surface area (Å²) in [5.41, 5.74) is 2.86. The second kappa shape index (κ2) is 5.48. The van der Waals surface area contributed by atoms with Crippen molar-refractivity contribution in [1.29, 1.82) is 0 Å². The Bertz CT molecular complexity index is 667. The first-order valence-corrected chi connectivity index (χ1v) is 6.93. The number of hydrogen-bond acceptors (Lipinski definition) is 3. The van der Waals surface area contributed by atoms with Crippen molar-refractivity contribution >= 4 is 11.6 Å². The first kappa shape index (κ1) is 13.5. The van der Waals surface area contributed by atoms with Crippen LogP contribution in [0.3, 0.4) is 0 Å². The third kappa shape index (κ3) is 2.57. The SMILES string of the molecule is COc1cc2c(cc1O)N(Cc1ccccc1)C(=O)CC2. The molecule has 2 aromatic rings. The molecular formula is C17H17NO3. The van der Waals surface area contributed by atoms with Crippen LogP contribution in [0, 0.1) is 0 Å². The van der Waals surface area contributed by atoms with Gasteiger partial charge in [0.25, 0.3) is 0 Å². The normalized spacial score (nSPS) is 14.0. The molecule has 108 valence electrons. The predicted molar refractivity (Wildman–Crippen MR) is 80.6 cm³/mol. The molecule has 1 heterocycles. The molecule has 0 atom stereocenters. The van der Waals surface area contributed by atoms with Gasteiger partial charge in [-0.2, -0.15) is 0 Å². The van der Waals surface area contributed by atoms with E-state index in [1.165, 1.54) is 7.11 Å². The number of fused-ring (bicyclic) bond motifs is 1. The number of methoxy groups -OCH3 is 1. The van der Waals surface area contributed by atoms with Gasteiger partial charge in [0.2, 0.25) is 5.91 Å². The van der Waals surface area contributed by atoms with Gasteiger partial charge < -0.3 is 14.7 Å². The zero-order chi connectivity index (χ0) is 14.8. The van der Waals surface area contributed by atoms with Crippen LogP contribution < -0.4 is 9.64 Å². The van der Waals surface area contributed by atoms with Gasteiger partial charge in [-0.05, 0) is 23.6 Å². The minimum absolute atomic E-state index is 0.0593. The Balaban J connectivity index is 1.99. The largest absolute Gasteiger partial charge is 0.504 e. The lowest BCUT2D eigenvalue weighted by molar-refractivity contribution is -0.119. The number of benzene rings is 2. The van der Waals surface area contributed by atoms with E-state index in [2.05, 4.69) is 0 Å². The summed E-state index contributed by atoms with van der Waals surface area (Å²) in [6, 6.07) is 13.3. The third-order valence-electron chi connectivity index (χ3n) is 3.76. The predicted octanol–water partition coefficient (Wildman–Crippen LogP) is 2.88. The number of carbonyl (C=O) groups is 1. The van der Waals surface area contributed by atoms with E-state index in [4.69, 9.17) is 4.74 Å². The molecular weight excluding hydrogens is 266 g/mol. The van der Waals surface area contributed by atoms with Crippen molar-refractivity contribution in [2.45, 2.75) is 19.4 Å². The number of rotatable bonds is 3. The fraction of sp³-hybridized carbons (Fsp3) is 0.235. The number of amides is 1. The maximum absolute atomic E-state index is 12.2. The highest BCUT2D eigenvalue weighted by atomic mass is 16.5. The summed E-state index contributed by atoms with van der Waals surface area (Å²) in [5.74, 6) is 0.586. The van der Waals surface area contributed by atoms with E-state index in [0.717, 1.165) is 16.8 Å². The lowest BCUT2D eigenvalue weighted by Crippen LogP contribution is -2.34. The molecule has 1 aliphatic rings. The molecule has 0 bridgehead atoms. The van der Waals surface area contributed by atoms with Crippen LogP contribution in [0.1, 0.15) is 17.5 Å². The van der Waals surface area contributed by atoms with Crippen LogP contribution in [0.5, 0.6) is 11.5 Å². The molecule has 0 saturated carbocycles. The molecule has 1 aliphatic heterocycles. The molecule has 4 nitrogen and oxygen atoms in total. The lowest BCUT2D eigenvalue weighted by Gasteiger charge is -2.30. The number of hydrogen-bond donors (Lipinski definition) is 1. The summed E-state index contributed by atoms with van der Waals surface area (Å²) in [7, 11) is 1.52. The van der Waals surface area contributed by atoms with Gasteiger partial charge in [0.1, 0.15) is 0 Å². The summed E-state index contributed by atoms with van der Waals surface area (Å²) in [4.78, 5) is 14.0. The number of nitrogens with zero attached hydrogens (tertiary/aromatic N) is 1. The van der Waals surface area contributed by atoms with Crippen molar-refractivity contribution in [3.05, 3.63) is 53.6 Å². The van der Waals surface area contributed by atoms with Crippen LogP contribution >= 0.6 is 0 Å². The van der Waals surface area contributed by atoms with Gasteiger partial charge in [-0.3, -0.25) is 4.79 Å². The highest BCUT2D eigenvalue weighted by Crippen LogP contribution is 2.38. The molecule has 1 amide bonds. The second-order valence-electron chi connectivity index (χ2n) is 5.12. The Kier molecular flexibility index (Phi) is 3.52. The van der Waals surface area contributed by atoms with Gasteiger partial charge in [-0.15, -0.1) is 0 Å².